The molecule has 7 nitrogen and oxygen atoms in total. The first-order chi connectivity index (χ1) is 15.4. The van der Waals surface area contributed by atoms with Gasteiger partial charge in [0, 0.05) is 40.0 Å². The standard InChI is InChI=1S/C22H21Cl2FN4O3/c1-11(19-15(23)2-3-16(25)20(19)24)32-18-6-12(7-27-21(18)26)13-8-28-29(9-13)17-10-31-22-14(17)4-5-30-22/h2-3,6-9,11,14,17,22H,4-5,10H2,1H3,(H2,26,27). The number of hydrogen-bond acceptors (Lipinski definition) is 6. The Morgan fingerprint density at radius 1 is 1.25 bits per heavy atom. The number of nitrogen functional groups attached to an aromatic ring is 1. The second-order valence-electron chi connectivity index (χ2n) is 7.93. The third-order valence-corrected chi connectivity index (χ3v) is 6.67. The van der Waals surface area contributed by atoms with Crippen LogP contribution in [0.2, 0.25) is 10.0 Å². The maximum Gasteiger partial charge on any atom is 0.166 e. The van der Waals surface area contributed by atoms with Crippen molar-refractivity contribution in [1.29, 1.82) is 0 Å². The Balaban J connectivity index is 1.39. The number of rotatable bonds is 5. The molecule has 0 amide bonds. The van der Waals surface area contributed by atoms with Gasteiger partial charge < -0.3 is 19.9 Å². The first-order valence-electron chi connectivity index (χ1n) is 10.3. The SMILES string of the molecule is CC(Oc1cc(-c2cnn(C3COC4OCCC43)c2)cnc1N)c1c(Cl)ccc(F)c1Cl. The van der Waals surface area contributed by atoms with Crippen molar-refractivity contribution in [3.8, 4) is 16.9 Å². The van der Waals surface area contributed by atoms with Crippen LogP contribution in [0.1, 0.15) is 31.1 Å². The number of nitrogens with two attached hydrogens (primary N) is 1. The molecule has 0 radical (unpaired) electrons. The molecule has 0 bridgehead atoms. The van der Waals surface area contributed by atoms with Gasteiger partial charge in [-0.05, 0) is 31.5 Å². The molecular formula is C22H21Cl2FN4O3. The maximum atomic E-state index is 13.9. The number of pyridine rings is 1. The molecule has 4 unspecified atom stereocenters. The molecule has 4 atom stereocenters. The maximum absolute atomic E-state index is 13.9. The van der Waals surface area contributed by atoms with Crippen molar-refractivity contribution in [3.05, 3.63) is 58.2 Å². The zero-order valence-electron chi connectivity index (χ0n) is 17.2. The van der Waals surface area contributed by atoms with Gasteiger partial charge in [-0.3, -0.25) is 4.68 Å². The van der Waals surface area contributed by atoms with Crippen LogP contribution >= 0.6 is 23.2 Å². The highest BCUT2D eigenvalue weighted by atomic mass is 35.5. The van der Waals surface area contributed by atoms with E-state index in [0.29, 0.717) is 35.5 Å². The third-order valence-electron chi connectivity index (χ3n) is 5.95. The lowest BCUT2D eigenvalue weighted by Crippen LogP contribution is -2.19. The van der Waals surface area contributed by atoms with Gasteiger partial charge in [0.15, 0.2) is 17.9 Å². The zero-order chi connectivity index (χ0) is 22.4. The van der Waals surface area contributed by atoms with Crippen LogP contribution in [0.25, 0.3) is 11.1 Å². The second-order valence-corrected chi connectivity index (χ2v) is 8.71. The van der Waals surface area contributed by atoms with E-state index in [1.165, 1.54) is 12.1 Å². The molecule has 2 fully saturated rings. The molecule has 4 heterocycles. The number of halogens is 3. The van der Waals surface area contributed by atoms with E-state index in [0.717, 1.165) is 17.5 Å². The molecule has 2 aromatic heterocycles. The molecule has 10 heteroatoms. The number of aromatic nitrogens is 3. The van der Waals surface area contributed by atoms with Crippen molar-refractivity contribution in [2.45, 2.75) is 31.8 Å². The summed E-state index contributed by atoms with van der Waals surface area (Å²) in [7, 11) is 0. The number of nitrogens with zero attached hydrogens (tertiary/aromatic N) is 3. The van der Waals surface area contributed by atoms with Gasteiger partial charge in [0.25, 0.3) is 0 Å². The normalized spacial score (nSPS) is 23.3. The molecule has 2 aliphatic heterocycles. The molecule has 2 N–H and O–H groups in total. The highest BCUT2D eigenvalue weighted by molar-refractivity contribution is 6.36. The summed E-state index contributed by atoms with van der Waals surface area (Å²) in [5.41, 5.74) is 8.02. The third kappa shape index (κ3) is 3.81. The predicted molar refractivity (Wildman–Crippen MR) is 118 cm³/mol. The molecule has 3 aromatic rings. The van der Waals surface area contributed by atoms with Crippen LogP contribution in [0.3, 0.4) is 0 Å². The fourth-order valence-electron chi connectivity index (χ4n) is 4.26. The van der Waals surface area contributed by atoms with Crippen molar-refractivity contribution < 1.29 is 18.6 Å². The number of hydrogen-bond donors (Lipinski definition) is 1. The van der Waals surface area contributed by atoms with Crippen molar-refractivity contribution in [3.63, 3.8) is 0 Å². The van der Waals surface area contributed by atoms with Gasteiger partial charge >= 0.3 is 0 Å². The summed E-state index contributed by atoms with van der Waals surface area (Å²) >= 11 is 12.3. The Labute approximate surface area is 194 Å². The Bertz CT molecular complexity index is 1160. The second kappa shape index (κ2) is 8.51. The quantitative estimate of drug-likeness (QED) is 0.516. The van der Waals surface area contributed by atoms with Crippen LogP contribution in [-0.2, 0) is 9.47 Å². The average molecular weight is 479 g/mol. The molecule has 0 saturated carbocycles. The van der Waals surface area contributed by atoms with Gasteiger partial charge in [0.2, 0.25) is 0 Å². The van der Waals surface area contributed by atoms with Crippen molar-refractivity contribution in [2.24, 2.45) is 5.92 Å². The van der Waals surface area contributed by atoms with E-state index in [1.54, 1.807) is 25.4 Å². The highest BCUT2D eigenvalue weighted by Gasteiger charge is 2.43. The Hall–Kier alpha value is -2.39. The number of benzene rings is 1. The topological polar surface area (TPSA) is 84.4 Å². The lowest BCUT2D eigenvalue weighted by molar-refractivity contribution is -0.0905. The fourth-order valence-corrected chi connectivity index (χ4v) is 4.93. The first-order valence-corrected chi connectivity index (χ1v) is 11.0. The van der Waals surface area contributed by atoms with Crippen LogP contribution in [-0.4, -0.2) is 34.3 Å². The van der Waals surface area contributed by atoms with Crippen LogP contribution in [0.5, 0.6) is 5.75 Å². The van der Waals surface area contributed by atoms with Crippen LogP contribution in [0, 0.1) is 11.7 Å². The van der Waals surface area contributed by atoms with E-state index in [9.17, 15) is 4.39 Å². The summed E-state index contributed by atoms with van der Waals surface area (Å²) in [6.07, 6.45) is 5.54. The smallest absolute Gasteiger partial charge is 0.166 e. The van der Waals surface area contributed by atoms with E-state index in [1.807, 2.05) is 10.9 Å². The molecule has 2 saturated heterocycles. The van der Waals surface area contributed by atoms with Crippen molar-refractivity contribution in [1.82, 2.24) is 14.8 Å². The van der Waals surface area contributed by atoms with Crippen molar-refractivity contribution in [2.75, 3.05) is 18.9 Å². The van der Waals surface area contributed by atoms with Crippen LogP contribution in [0.15, 0.2) is 36.8 Å². The van der Waals surface area contributed by atoms with E-state index in [-0.39, 0.29) is 23.2 Å². The van der Waals surface area contributed by atoms with E-state index in [4.69, 9.17) is 43.1 Å². The summed E-state index contributed by atoms with van der Waals surface area (Å²) in [5, 5.41) is 4.76. The molecule has 32 heavy (non-hydrogen) atoms. The molecule has 5 rings (SSSR count). The van der Waals surface area contributed by atoms with E-state index >= 15 is 0 Å². The molecule has 0 spiro atoms. The minimum Gasteiger partial charge on any atom is -0.482 e. The minimum absolute atomic E-state index is 0.0815. The lowest BCUT2D eigenvalue weighted by atomic mass is 10.0. The summed E-state index contributed by atoms with van der Waals surface area (Å²) in [6, 6.07) is 4.56. The molecule has 168 valence electrons. The molecule has 2 aliphatic rings. The van der Waals surface area contributed by atoms with Gasteiger partial charge in [0.1, 0.15) is 11.9 Å². The summed E-state index contributed by atoms with van der Waals surface area (Å²) < 4.78 is 33.2. The highest BCUT2D eigenvalue weighted by Crippen LogP contribution is 2.40. The average Bonchev–Trinajstić information content (AvgIpc) is 3.49. The Kier molecular flexibility index (Phi) is 5.71. The number of fused-ring (bicyclic) bond motifs is 1. The van der Waals surface area contributed by atoms with Crippen LogP contribution in [0.4, 0.5) is 10.2 Å². The van der Waals surface area contributed by atoms with Gasteiger partial charge in [0.05, 0.1) is 30.5 Å². The van der Waals surface area contributed by atoms with E-state index in [2.05, 4.69) is 10.1 Å². The summed E-state index contributed by atoms with van der Waals surface area (Å²) in [5.74, 6) is 0.270. The predicted octanol–water partition coefficient (Wildman–Crippen LogP) is 5.05. The molecule has 1 aromatic carbocycles. The van der Waals surface area contributed by atoms with E-state index < -0.39 is 11.9 Å². The van der Waals surface area contributed by atoms with Gasteiger partial charge in [-0.1, -0.05) is 23.2 Å². The fraction of sp³-hybridized carbons (Fsp3) is 0.364. The number of ether oxygens (including phenoxy) is 3. The summed E-state index contributed by atoms with van der Waals surface area (Å²) in [6.45, 7) is 2.99. The first kappa shape index (κ1) is 21.5. The minimum atomic E-state index is -0.650. The summed E-state index contributed by atoms with van der Waals surface area (Å²) in [4.78, 5) is 4.26. The molecule has 0 aliphatic carbocycles. The van der Waals surface area contributed by atoms with Gasteiger partial charge in [-0.15, -0.1) is 0 Å². The van der Waals surface area contributed by atoms with Gasteiger partial charge in [-0.2, -0.15) is 5.10 Å². The Morgan fingerprint density at radius 3 is 2.94 bits per heavy atom. The lowest BCUT2D eigenvalue weighted by Gasteiger charge is -2.19. The van der Waals surface area contributed by atoms with Crippen LogP contribution < -0.4 is 10.5 Å². The van der Waals surface area contributed by atoms with Gasteiger partial charge in [-0.25, -0.2) is 9.37 Å². The Morgan fingerprint density at radius 2 is 2.09 bits per heavy atom. The van der Waals surface area contributed by atoms with Crippen molar-refractivity contribution >= 4 is 29.0 Å². The largest absolute Gasteiger partial charge is 0.482 e. The molecular weight excluding hydrogens is 458 g/mol. The monoisotopic (exact) mass is 478 g/mol. The number of anilines is 1. The zero-order valence-corrected chi connectivity index (χ0v) is 18.7.